The Morgan fingerprint density at radius 1 is 1.25 bits per heavy atom. The molecule has 108 valence electrons. The van der Waals surface area contributed by atoms with E-state index in [1.165, 1.54) is 4.88 Å². The molecule has 5 heteroatoms. The van der Waals surface area contributed by atoms with Crippen LogP contribution in [0.2, 0.25) is 0 Å². The number of nitrogens with zero attached hydrogens (tertiary/aromatic N) is 1. The number of rotatable bonds is 7. The van der Waals surface area contributed by atoms with Crippen LogP contribution in [-0.2, 0) is 22.6 Å². The van der Waals surface area contributed by atoms with Gasteiger partial charge in [0.05, 0.1) is 12.3 Å². The molecule has 1 unspecified atom stereocenters. The van der Waals surface area contributed by atoms with Crippen LogP contribution in [0, 0.1) is 0 Å². The normalized spacial score (nSPS) is 12.6. The Balaban J connectivity index is 2.32. The highest BCUT2D eigenvalue weighted by Gasteiger charge is 2.20. The lowest BCUT2D eigenvalue weighted by molar-refractivity contribution is 0.135. The first-order valence-corrected chi connectivity index (χ1v) is 7.31. The number of aromatic nitrogens is 1. The summed E-state index contributed by atoms with van der Waals surface area (Å²) >= 11 is 1.67. The van der Waals surface area contributed by atoms with E-state index in [4.69, 9.17) is 14.5 Å². The fraction of sp³-hybridized carbons (Fsp3) is 0.400. The molecule has 1 atom stereocenters. The van der Waals surface area contributed by atoms with Gasteiger partial charge in [0.25, 0.3) is 0 Å². The Bertz CT molecular complexity index is 504. The number of benzene rings is 1. The van der Waals surface area contributed by atoms with Crippen LogP contribution in [0.3, 0.4) is 0 Å². The zero-order chi connectivity index (χ0) is 14.4. The summed E-state index contributed by atoms with van der Waals surface area (Å²) < 4.78 is 10.9. The van der Waals surface area contributed by atoms with Crippen LogP contribution in [0.5, 0.6) is 0 Å². The van der Waals surface area contributed by atoms with E-state index in [0.29, 0.717) is 6.61 Å². The van der Waals surface area contributed by atoms with E-state index in [2.05, 4.69) is 17.4 Å². The lowest BCUT2D eigenvalue weighted by Crippen LogP contribution is -2.06. The van der Waals surface area contributed by atoms with Crippen molar-refractivity contribution in [2.75, 3.05) is 21.3 Å². The SMILES string of the molecule is CNCc1sc(C(OC)c2ccccc2)nc1COC. The summed E-state index contributed by atoms with van der Waals surface area (Å²) in [6.07, 6.45) is -0.123. The van der Waals surface area contributed by atoms with Crippen molar-refractivity contribution in [2.24, 2.45) is 0 Å². The number of thiazole rings is 1. The van der Waals surface area contributed by atoms with E-state index in [0.717, 1.165) is 22.8 Å². The fourth-order valence-corrected chi connectivity index (χ4v) is 3.26. The van der Waals surface area contributed by atoms with Gasteiger partial charge < -0.3 is 14.8 Å². The highest BCUT2D eigenvalue weighted by atomic mass is 32.1. The fourth-order valence-electron chi connectivity index (χ4n) is 2.07. The van der Waals surface area contributed by atoms with Crippen molar-refractivity contribution in [3.8, 4) is 0 Å². The standard InChI is InChI=1S/C15H20N2O2S/c1-16-9-13-12(10-18-2)17-15(20-13)14(19-3)11-7-5-4-6-8-11/h4-8,14,16H,9-10H2,1-3H3. The summed E-state index contributed by atoms with van der Waals surface area (Å²) in [5.41, 5.74) is 2.10. The molecule has 2 aromatic rings. The molecular formula is C15H20N2O2S. The lowest BCUT2D eigenvalue weighted by Gasteiger charge is -2.12. The van der Waals surface area contributed by atoms with Gasteiger partial charge in [-0.25, -0.2) is 4.98 Å². The summed E-state index contributed by atoms with van der Waals surface area (Å²) in [6.45, 7) is 1.32. The lowest BCUT2D eigenvalue weighted by atomic mass is 10.1. The Morgan fingerprint density at radius 3 is 2.60 bits per heavy atom. The second kappa shape index (κ2) is 7.50. The molecule has 0 aliphatic rings. The van der Waals surface area contributed by atoms with Crippen molar-refractivity contribution in [1.29, 1.82) is 0 Å². The van der Waals surface area contributed by atoms with Crippen LogP contribution in [-0.4, -0.2) is 26.3 Å². The van der Waals surface area contributed by atoms with Crippen LogP contribution in [0.1, 0.15) is 27.2 Å². The van der Waals surface area contributed by atoms with Gasteiger partial charge >= 0.3 is 0 Å². The summed E-state index contributed by atoms with van der Waals surface area (Å²) in [4.78, 5) is 5.89. The molecule has 1 N–H and O–H groups in total. The van der Waals surface area contributed by atoms with Gasteiger partial charge in [0.15, 0.2) is 0 Å². The number of nitrogens with one attached hydrogen (secondary N) is 1. The molecule has 1 aromatic carbocycles. The molecule has 0 radical (unpaired) electrons. The first-order chi connectivity index (χ1) is 9.80. The second-order valence-electron chi connectivity index (χ2n) is 4.41. The smallest absolute Gasteiger partial charge is 0.134 e. The summed E-state index contributed by atoms with van der Waals surface area (Å²) in [6, 6.07) is 10.1. The third kappa shape index (κ3) is 3.43. The van der Waals surface area contributed by atoms with Crippen molar-refractivity contribution < 1.29 is 9.47 Å². The number of hydrogen-bond acceptors (Lipinski definition) is 5. The summed E-state index contributed by atoms with van der Waals surface area (Å²) in [7, 11) is 5.33. The summed E-state index contributed by atoms with van der Waals surface area (Å²) in [5.74, 6) is 0. The summed E-state index contributed by atoms with van der Waals surface area (Å²) in [5, 5.41) is 4.14. The van der Waals surface area contributed by atoms with Gasteiger partial charge in [-0.15, -0.1) is 11.3 Å². The molecule has 20 heavy (non-hydrogen) atoms. The van der Waals surface area contributed by atoms with Crippen molar-refractivity contribution in [1.82, 2.24) is 10.3 Å². The monoisotopic (exact) mass is 292 g/mol. The third-order valence-corrected chi connectivity index (χ3v) is 4.12. The van der Waals surface area contributed by atoms with Gasteiger partial charge in [0.2, 0.25) is 0 Å². The van der Waals surface area contributed by atoms with Crippen molar-refractivity contribution in [3.05, 3.63) is 51.5 Å². The maximum atomic E-state index is 5.63. The first-order valence-electron chi connectivity index (χ1n) is 6.50. The topological polar surface area (TPSA) is 43.4 Å². The number of hydrogen-bond donors (Lipinski definition) is 1. The molecule has 0 fully saturated rings. The zero-order valence-electron chi connectivity index (χ0n) is 12.1. The largest absolute Gasteiger partial charge is 0.378 e. The van der Waals surface area contributed by atoms with Gasteiger partial charge in [0, 0.05) is 25.6 Å². The van der Waals surface area contributed by atoms with E-state index >= 15 is 0 Å². The minimum absolute atomic E-state index is 0.123. The second-order valence-corrected chi connectivity index (χ2v) is 5.53. The maximum Gasteiger partial charge on any atom is 0.134 e. The third-order valence-electron chi connectivity index (χ3n) is 2.98. The Morgan fingerprint density at radius 2 is 2.00 bits per heavy atom. The maximum absolute atomic E-state index is 5.63. The Labute approximate surface area is 123 Å². The molecule has 0 bridgehead atoms. The Kier molecular flexibility index (Phi) is 5.67. The molecular weight excluding hydrogens is 272 g/mol. The first kappa shape index (κ1) is 15.1. The minimum atomic E-state index is -0.123. The minimum Gasteiger partial charge on any atom is -0.378 e. The highest BCUT2D eigenvalue weighted by molar-refractivity contribution is 7.11. The van der Waals surface area contributed by atoms with Gasteiger partial charge in [-0.2, -0.15) is 0 Å². The van der Waals surface area contributed by atoms with Crippen LogP contribution in [0.15, 0.2) is 30.3 Å². The number of ether oxygens (including phenoxy) is 2. The van der Waals surface area contributed by atoms with Gasteiger partial charge in [-0.3, -0.25) is 0 Å². The van der Waals surface area contributed by atoms with Crippen LogP contribution in [0.4, 0.5) is 0 Å². The molecule has 0 amide bonds. The molecule has 1 heterocycles. The predicted molar refractivity (Wildman–Crippen MR) is 80.9 cm³/mol. The van der Waals surface area contributed by atoms with Gasteiger partial charge in [-0.1, -0.05) is 30.3 Å². The average Bonchev–Trinajstić information content (AvgIpc) is 2.85. The molecule has 0 saturated carbocycles. The molecule has 0 spiro atoms. The molecule has 2 rings (SSSR count). The predicted octanol–water partition coefficient (Wildman–Crippen LogP) is 2.74. The van der Waals surface area contributed by atoms with Gasteiger partial charge in [-0.05, 0) is 12.6 Å². The van der Waals surface area contributed by atoms with Gasteiger partial charge in [0.1, 0.15) is 11.1 Å². The molecule has 1 aromatic heterocycles. The van der Waals surface area contributed by atoms with E-state index in [-0.39, 0.29) is 6.10 Å². The van der Waals surface area contributed by atoms with Crippen molar-refractivity contribution in [2.45, 2.75) is 19.3 Å². The van der Waals surface area contributed by atoms with Crippen LogP contribution in [0.25, 0.3) is 0 Å². The Hall–Kier alpha value is -1.27. The quantitative estimate of drug-likeness (QED) is 0.852. The van der Waals surface area contributed by atoms with E-state index in [1.54, 1.807) is 25.6 Å². The van der Waals surface area contributed by atoms with Crippen molar-refractivity contribution >= 4 is 11.3 Å². The average molecular weight is 292 g/mol. The van der Waals surface area contributed by atoms with E-state index < -0.39 is 0 Å². The number of methoxy groups -OCH3 is 2. The van der Waals surface area contributed by atoms with Crippen molar-refractivity contribution in [3.63, 3.8) is 0 Å². The molecule has 4 nitrogen and oxygen atoms in total. The van der Waals surface area contributed by atoms with E-state index in [1.807, 2.05) is 25.2 Å². The zero-order valence-corrected chi connectivity index (χ0v) is 12.9. The molecule has 0 aliphatic carbocycles. The van der Waals surface area contributed by atoms with E-state index in [9.17, 15) is 0 Å². The highest BCUT2D eigenvalue weighted by Crippen LogP contribution is 2.31. The molecule has 0 aliphatic heterocycles. The molecule has 0 saturated heterocycles. The van der Waals surface area contributed by atoms with Crippen LogP contribution >= 0.6 is 11.3 Å². The van der Waals surface area contributed by atoms with Crippen LogP contribution < -0.4 is 5.32 Å².